The number of phenols is 1. The van der Waals surface area contributed by atoms with E-state index in [4.69, 9.17) is 9.47 Å². The molecule has 1 aromatic rings. The van der Waals surface area contributed by atoms with Gasteiger partial charge in [0.15, 0.2) is 0 Å². The van der Waals surface area contributed by atoms with Crippen molar-refractivity contribution in [1.82, 2.24) is 20.4 Å². The van der Waals surface area contributed by atoms with Crippen molar-refractivity contribution in [2.24, 2.45) is 11.8 Å². The Morgan fingerprint density at radius 3 is 1.68 bits per heavy atom. The second-order valence-electron chi connectivity index (χ2n) is 14.4. The predicted octanol–water partition coefficient (Wildman–Crippen LogP) is 3.75. The summed E-state index contributed by atoms with van der Waals surface area (Å²) in [4.78, 5) is 84.4. The Labute approximate surface area is 320 Å². The Bertz CT molecular complexity index is 1480. The first-order chi connectivity index (χ1) is 25.6. The molecule has 0 aliphatic carbocycles. The van der Waals surface area contributed by atoms with E-state index in [2.05, 4.69) is 10.6 Å². The van der Waals surface area contributed by atoms with Crippen LogP contribution >= 0.6 is 23.5 Å². The fraction of sp³-hybridized carbons (Fsp3) is 0.684. The Balaban J connectivity index is 1.29. The first-order valence-electron chi connectivity index (χ1n) is 19.0. The number of carbonyl (C=O) groups is 6. The van der Waals surface area contributed by atoms with Crippen molar-refractivity contribution in [1.29, 1.82) is 0 Å². The minimum atomic E-state index is -0.811. The van der Waals surface area contributed by atoms with Crippen molar-refractivity contribution in [3.63, 3.8) is 0 Å². The molecule has 8 unspecified atom stereocenters. The zero-order chi connectivity index (χ0) is 38.1. The smallest absolute Gasteiger partial charge is 0.328 e. The predicted molar refractivity (Wildman–Crippen MR) is 202 cm³/mol. The molecule has 4 aliphatic rings. The summed E-state index contributed by atoms with van der Waals surface area (Å²) < 4.78 is 10.1. The molecule has 3 N–H and O–H groups in total. The van der Waals surface area contributed by atoms with Gasteiger partial charge in [-0.3, -0.25) is 19.2 Å². The Morgan fingerprint density at radius 2 is 1.21 bits per heavy atom. The van der Waals surface area contributed by atoms with Crippen LogP contribution in [0.1, 0.15) is 89.5 Å². The number of carbonyl (C=O) groups excluding carboxylic acids is 6. The molecule has 8 atom stereocenters. The maximum atomic E-state index is 14.1. The highest BCUT2D eigenvalue weighted by atomic mass is 32.2. The minimum absolute atomic E-state index is 0.104. The molecule has 4 heterocycles. The molecule has 5 rings (SSSR count). The molecule has 1 aromatic carbocycles. The molecule has 292 valence electrons. The zero-order valence-electron chi connectivity index (χ0n) is 31.0. The second-order valence-corrected chi connectivity index (χ2v) is 17.0. The molecule has 15 heteroatoms. The molecule has 53 heavy (non-hydrogen) atoms. The lowest BCUT2D eigenvalue weighted by Gasteiger charge is -2.40. The van der Waals surface area contributed by atoms with Gasteiger partial charge < -0.3 is 35.0 Å². The van der Waals surface area contributed by atoms with E-state index in [1.807, 2.05) is 6.92 Å². The Hall–Kier alpha value is -3.46. The van der Waals surface area contributed by atoms with E-state index < -0.39 is 47.9 Å². The summed E-state index contributed by atoms with van der Waals surface area (Å²) >= 11 is 3.25. The standard InChI is InChI=1S/C38H54N4O9S2/c1-4-7-24(33(44)39-27-18-20-52-31-10-5-8-29(37(48)50-2)41(31)35(27)46)14-15-25(22-23-12-16-26(43)17-13-23)34(45)40-28-19-21-53-32-11-6-9-30(38(49)51-3)42(32)36(28)47/h12-13,16-17,24-25,27-32,43H,4-11,14-15,18-22H2,1-3H3,(H,39,44)(H,40,45). The summed E-state index contributed by atoms with van der Waals surface area (Å²) in [5, 5.41) is 15.6. The molecule has 4 fully saturated rings. The van der Waals surface area contributed by atoms with Crippen LogP contribution in [0, 0.1) is 11.8 Å². The van der Waals surface area contributed by atoms with E-state index in [0.717, 1.165) is 31.2 Å². The maximum Gasteiger partial charge on any atom is 0.328 e. The number of ether oxygens (including phenoxy) is 2. The van der Waals surface area contributed by atoms with Gasteiger partial charge in [0.2, 0.25) is 23.6 Å². The number of nitrogens with zero attached hydrogens (tertiary/aromatic N) is 2. The van der Waals surface area contributed by atoms with E-state index in [0.29, 0.717) is 69.3 Å². The molecule has 0 aromatic heterocycles. The first kappa shape index (κ1) is 40.7. The monoisotopic (exact) mass is 774 g/mol. The maximum absolute atomic E-state index is 14.1. The third kappa shape index (κ3) is 10.00. The molecular formula is C38H54N4O9S2. The van der Waals surface area contributed by atoms with Gasteiger partial charge in [0.05, 0.1) is 25.0 Å². The first-order valence-corrected chi connectivity index (χ1v) is 21.1. The van der Waals surface area contributed by atoms with Gasteiger partial charge in [0.25, 0.3) is 0 Å². The zero-order valence-corrected chi connectivity index (χ0v) is 32.6. The summed E-state index contributed by atoms with van der Waals surface area (Å²) in [5.74, 6) is -1.69. The lowest BCUT2D eigenvalue weighted by molar-refractivity contribution is -0.156. The van der Waals surface area contributed by atoms with E-state index in [9.17, 15) is 33.9 Å². The van der Waals surface area contributed by atoms with Crippen LogP contribution < -0.4 is 10.6 Å². The summed E-state index contributed by atoms with van der Waals surface area (Å²) in [6.07, 6.45) is 7.37. The molecule has 4 amide bonds. The van der Waals surface area contributed by atoms with Crippen LogP contribution in [-0.2, 0) is 44.7 Å². The van der Waals surface area contributed by atoms with Gasteiger partial charge in [0, 0.05) is 11.8 Å². The number of nitrogens with one attached hydrogen (secondary N) is 2. The SMILES string of the molecule is CCCC(CCC(Cc1ccc(O)cc1)C(=O)NC1CCSC2CCCC(C(=O)OC)N2C1=O)C(=O)NC1CCSC2CCCC(C(=O)OC)N2C1=O. The molecule has 0 radical (unpaired) electrons. The van der Waals surface area contributed by atoms with Crippen molar-refractivity contribution >= 4 is 59.1 Å². The topological polar surface area (TPSA) is 172 Å². The number of amides is 4. The van der Waals surface area contributed by atoms with Gasteiger partial charge in [0.1, 0.15) is 29.9 Å². The van der Waals surface area contributed by atoms with E-state index in [1.54, 1.807) is 57.6 Å². The van der Waals surface area contributed by atoms with Gasteiger partial charge in [-0.25, -0.2) is 9.59 Å². The third-order valence-electron chi connectivity index (χ3n) is 10.9. The highest BCUT2D eigenvalue weighted by Gasteiger charge is 2.45. The number of hydrogen-bond donors (Lipinski definition) is 3. The quantitative estimate of drug-likeness (QED) is 0.250. The summed E-state index contributed by atoms with van der Waals surface area (Å²) in [6.45, 7) is 1.98. The van der Waals surface area contributed by atoms with Crippen LogP contribution in [0.5, 0.6) is 5.75 Å². The highest BCUT2D eigenvalue weighted by Crippen LogP contribution is 2.36. The summed E-state index contributed by atoms with van der Waals surface area (Å²) in [6, 6.07) is 3.69. The van der Waals surface area contributed by atoms with Crippen LogP contribution in [0.25, 0.3) is 0 Å². The molecule has 4 saturated heterocycles. The van der Waals surface area contributed by atoms with Crippen molar-refractivity contribution in [3.8, 4) is 5.75 Å². The van der Waals surface area contributed by atoms with Crippen LogP contribution in [0.15, 0.2) is 24.3 Å². The molecule has 0 saturated carbocycles. The van der Waals surface area contributed by atoms with E-state index in [-0.39, 0.29) is 40.1 Å². The van der Waals surface area contributed by atoms with E-state index in [1.165, 1.54) is 14.2 Å². The van der Waals surface area contributed by atoms with Crippen molar-refractivity contribution < 1.29 is 43.3 Å². The van der Waals surface area contributed by atoms with Crippen molar-refractivity contribution in [2.75, 3.05) is 25.7 Å². The Morgan fingerprint density at radius 1 is 0.736 bits per heavy atom. The lowest BCUT2D eigenvalue weighted by Crippen LogP contribution is -2.58. The number of aromatic hydroxyl groups is 1. The van der Waals surface area contributed by atoms with Crippen LogP contribution in [0.3, 0.4) is 0 Å². The number of esters is 2. The highest BCUT2D eigenvalue weighted by molar-refractivity contribution is 8.00. The molecule has 4 aliphatic heterocycles. The molecule has 0 bridgehead atoms. The number of methoxy groups -OCH3 is 2. The number of thioether (sulfide) groups is 2. The number of benzene rings is 1. The fourth-order valence-electron chi connectivity index (χ4n) is 8.08. The van der Waals surface area contributed by atoms with E-state index >= 15 is 0 Å². The van der Waals surface area contributed by atoms with Crippen molar-refractivity contribution in [2.45, 2.75) is 125 Å². The molecular weight excluding hydrogens is 721 g/mol. The second kappa shape index (κ2) is 19.2. The number of phenolic OH excluding ortho intramolecular Hbond substituents is 1. The summed E-state index contributed by atoms with van der Waals surface area (Å²) in [5.41, 5.74) is 0.821. The number of piperidine rings is 2. The normalized spacial score (nSPS) is 27.2. The van der Waals surface area contributed by atoms with Crippen LogP contribution in [0.2, 0.25) is 0 Å². The third-order valence-corrected chi connectivity index (χ3v) is 13.6. The van der Waals surface area contributed by atoms with Crippen LogP contribution in [0.4, 0.5) is 0 Å². The fourth-order valence-corrected chi connectivity index (χ4v) is 10.9. The largest absolute Gasteiger partial charge is 0.508 e. The lowest BCUT2D eigenvalue weighted by atomic mass is 9.87. The van der Waals surface area contributed by atoms with Gasteiger partial charge in [-0.15, -0.1) is 23.5 Å². The average Bonchev–Trinajstić information content (AvgIpc) is 3.42. The van der Waals surface area contributed by atoms with Gasteiger partial charge >= 0.3 is 11.9 Å². The number of fused-ring (bicyclic) bond motifs is 2. The minimum Gasteiger partial charge on any atom is -0.508 e. The average molecular weight is 775 g/mol. The van der Waals surface area contributed by atoms with Crippen LogP contribution in [-0.4, -0.2) is 111 Å². The molecule has 13 nitrogen and oxygen atoms in total. The van der Waals surface area contributed by atoms with Crippen molar-refractivity contribution in [3.05, 3.63) is 29.8 Å². The van der Waals surface area contributed by atoms with Gasteiger partial charge in [-0.05, 0) is 106 Å². The van der Waals surface area contributed by atoms with Gasteiger partial charge in [-0.2, -0.15) is 0 Å². The number of hydrogen-bond acceptors (Lipinski definition) is 11. The van der Waals surface area contributed by atoms with Gasteiger partial charge in [-0.1, -0.05) is 25.5 Å². The summed E-state index contributed by atoms with van der Waals surface area (Å²) in [7, 11) is 2.64. The Kier molecular flexibility index (Phi) is 14.8. The number of rotatable bonds is 13. The molecule has 0 spiro atoms.